The average molecular weight is 330 g/mol. The Balaban J connectivity index is 1.99. The van der Waals surface area contributed by atoms with Crippen LogP contribution in [0.2, 0.25) is 0 Å². The number of piperidine rings is 1. The molecule has 0 radical (unpaired) electrons. The van der Waals surface area contributed by atoms with Gasteiger partial charge in [0.15, 0.2) is 0 Å². The molecule has 0 unspecified atom stereocenters. The van der Waals surface area contributed by atoms with E-state index in [4.69, 9.17) is 0 Å². The molecule has 1 saturated heterocycles. The van der Waals surface area contributed by atoms with Gasteiger partial charge in [-0.25, -0.2) is 0 Å². The molecule has 1 aliphatic heterocycles. The second kappa shape index (κ2) is 5.63. The molecule has 0 spiro atoms. The summed E-state index contributed by atoms with van der Waals surface area (Å²) in [5.41, 5.74) is 0.923. The Labute approximate surface area is 109 Å². The van der Waals surface area contributed by atoms with Crippen LogP contribution in [0.15, 0.2) is 24.3 Å². The van der Waals surface area contributed by atoms with Crippen LogP contribution in [0.25, 0.3) is 0 Å². The summed E-state index contributed by atoms with van der Waals surface area (Å²) in [5, 5.41) is 6.27. The van der Waals surface area contributed by atoms with Crippen molar-refractivity contribution in [2.75, 3.05) is 18.4 Å². The number of carbonyl (C=O) groups excluding carboxylic acids is 1. The Morgan fingerprint density at radius 3 is 2.69 bits per heavy atom. The fourth-order valence-electron chi connectivity index (χ4n) is 1.88. The van der Waals surface area contributed by atoms with Crippen molar-refractivity contribution in [3.63, 3.8) is 0 Å². The van der Waals surface area contributed by atoms with E-state index in [0.717, 1.165) is 35.2 Å². The van der Waals surface area contributed by atoms with Gasteiger partial charge in [0, 0.05) is 9.49 Å². The average Bonchev–Trinajstić information content (AvgIpc) is 2.33. The lowest BCUT2D eigenvalue weighted by Gasteiger charge is -2.22. The van der Waals surface area contributed by atoms with Crippen molar-refractivity contribution < 1.29 is 4.79 Å². The second-order valence-corrected chi connectivity index (χ2v) is 5.16. The molecule has 0 saturated carbocycles. The third-order valence-corrected chi connectivity index (χ3v) is 3.78. The van der Waals surface area contributed by atoms with Gasteiger partial charge < -0.3 is 10.6 Å². The molecule has 1 heterocycles. The predicted molar refractivity (Wildman–Crippen MR) is 73.4 cm³/mol. The van der Waals surface area contributed by atoms with Crippen LogP contribution in [0.1, 0.15) is 12.8 Å². The van der Waals surface area contributed by atoms with E-state index >= 15 is 0 Å². The Hall–Kier alpha value is -0.620. The first-order valence-electron chi connectivity index (χ1n) is 5.53. The van der Waals surface area contributed by atoms with Gasteiger partial charge in [-0.2, -0.15) is 0 Å². The fourth-order valence-corrected chi connectivity index (χ4v) is 2.40. The smallest absolute Gasteiger partial charge is 0.227 e. The van der Waals surface area contributed by atoms with Crippen LogP contribution in [-0.4, -0.2) is 19.0 Å². The van der Waals surface area contributed by atoms with E-state index in [1.54, 1.807) is 0 Å². The molecule has 2 N–H and O–H groups in total. The second-order valence-electron chi connectivity index (χ2n) is 3.99. The molecule has 0 aliphatic carbocycles. The molecule has 0 bridgehead atoms. The van der Waals surface area contributed by atoms with E-state index in [2.05, 4.69) is 33.2 Å². The summed E-state index contributed by atoms with van der Waals surface area (Å²) in [6.45, 7) is 1.90. The number of amides is 1. The van der Waals surface area contributed by atoms with Crippen LogP contribution in [0, 0.1) is 9.49 Å². The number of benzene rings is 1. The predicted octanol–water partition coefficient (Wildman–Crippen LogP) is 2.23. The van der Waals surface area contributed by atoms with E-state index in [-0.39, 0.29) is 11.8 Å². The molecule has 0 aromatic heterocycles. The minimum atomic E-state index is 0.158. The highest BCUT2D eigenvalue weighted by Crippen LogP contribution is 2.20. The van der Waals surface area contributed by atoms with Crippen LogP contribution in [-0.2, 0) is 4.79 Å². The van der Waals surface area contributed by atoms with E-state index in [1.165, 1.54) is 0 Å². The lowest BCUT2D eigenvalue weighted by Crippen LogP contribution is -2.34. The first-order valence-corrected chi connectivity index (χ1v) is 6.61. The number of hydrogen-bond acceptors (Lipinski definition) is 2. The van der Waals surface area contributed by atoms with Crippen molar-refractivity contribution in [1.82, 2.24) is 5.32 Å². The minimum absolute atomic E-state index is 0.158. The molecule has 3 nitrogen and oxygen atoms in total. The summed E-state index contributed by atoms with van der Waals surface area (Å²) in [7, 11) is 0. The monoisotopic (exact) mass is 330 g/mol. The van der Waals surface area contributed by atoms with Crippen LogP contribution >= 0.6 is 22.6 Å². The van der Waals surface area contributed by atoms with Crippen molar-refractivity contribution in [2.24, 2.45) is 5.92 Å². The van der Waals surface area contributed by atoms with Crippen molar-refractivity contribution in [2.45, 2.75) is 12.8 Å². The lowest BCUT2D eigenvalue weighted by atomic mass is 9.97. The zero-order chi connectivity index (χ0) is 11.4. The number of halogens is 1. The van der Waals surface area contributed by atoms with E-state index in [0.29, 0.717) is 0 Å². The summed E-state index contributed by atoms with van der Waals surface area (Å²) in [6.07, 6.45) is 1.88. The van der Waals surface area contributed by atoms with Gasteiger partial charge in [0.2, 0.25) is 5.91 Å². The maximum atomic E-state index is 12.0. The summed E-state index contributed by atoms with van der Waals surface area (Å²) in [5.74, 6) is 0.322. The molecule has 0 atom stereocenters. The zero-order valence-electron chi connectivity index (χ0n) is 9.00. The third-order valence-electron chi connectivity index (χ3n) is 2.84. The normalized spacial score (nSPS) is 17.1. The van der Waals surface area contributed by atoms with Crippen molar-refractivity contribution in [3.05, 3.63) is 27.8 Å². The van der Waals surface area contributed by atoms with Crippen molar-refractivity contribution in [1.29, 1.82) is 0 Å². The van der Waals surface area contributed by atoms with Gasteiger partial charge in [0.05, 0.1) is 5.69 Å². The van der Waals surface area contributed by atoms with Gasteiger partial charge in [0.25, 0.3) is 0 Å². The molecule has 2 rings (SSSR count). The quantitative estimate of drug-likeness (QED) is 0.817. The van der Waals surface area contributed by atoms with Gasteiger partial charge in [0.1, 0.15) is 0 Å². The zero-order valence-corrected chi connectivity index (χ0v) is 11.2. The highest BCUT2D eigenvalue weighted by Gasteiger charge is 2.21. The highest BCUT2D eigenvalue weighted by molar-refractivity contribution is 14.1. The number of para-hydroxylation sites is 1. The summed E-state index contributed by atoms with van der Waals surface area (Å²) in [6, 6.07) is 7.86. The van der Waals surface area contributed by atoms with Gasteiger partial charge >= 0.3 is 0 Å². The molecule has 1 aliphatic rings. The highest BCUT2D eigenvalue weighted by atomic mass is 127. The molecule has 1 aromatic rings. The van der Waals surface area contributed by atoms with Gasteiger partial charge in [-0.05, 0) is 60.7 Å². The maximum Gasteiger partial charge on any atom is 0.227 e. The Morgan fingerprint density at radius 1 is 1.31 bits per heavy atom. The van der Waals surface area contributed by atoms with Crippen LogP contribution in [0.4, 0.5) is 5.69 Å². The largest absolute Gasteiger partial charge is 0.325 e. The Bertz CT molecular complexity index is 375. The topological polar surface area (TPSA) is 41.1 Å². The number of anilines is 1. The molecular formula is C12H15IN2O. The van der Waals surface area contributed by atoms with E-state index in [9.17, 15) is 4.79 Å². The molecule has 16 heavy (non-hydrogen) atoms. The molecule has 86 valence electrons. The molecule has 4 heteroatoms. The molecule has 1 aromatic carbocycles. The van der Waals surface area contributed by atoms with Gasteiger partial charge in [-0.1, -0.05) is 12.1 Å². The minimum Gasteiger partial charge on any atom is -0.325 e. The maximum absolute atomic E-state index is 12.0. The lowest BCUT2D eigenvalue weighted by molar-refractivity contribution is -0.120. The summed E-state index contributed by atoms with van der Waals surface area (Å²) >= 11 is 2.24. The van der Waals surface area contributed by atoms with Crippen molar-refractivity contribution >= 4 is 34.2 Å². The molecular weight excluding hydrogens is 315 g/mol. The molecule has 1 amide bonds. The number of hydrogen-bond donors (Lipinski definition) is 2. The fraction of sp³-hybridized carbons (Fsp3) is 0.417. The van der Waals surface area contributed by atoms with Gasteiger partial charge in [-0.15, -0.1) is 0 Å². The number of nitrogens with one attached hydrogen (secondary N) is 2. The molecule has 1 fully saturated rings. The van der Waals surface area contributed by atoms with E-state index in [1.807, 2.05) is 24.3 Å². The van der Waals surface area contributed by atoms with E-state index < -0.39 is 0 Å². The third kappa shape index (κ3) is 2.95. The number of carbonyl (C=O) groups is 1. The first kappa shape index (κ1) is 11.9. The summed E-state index contributed by atoms with van der Waals surface area (Å²) < 4.78 is 1.09. The first-order chi connectivity index (χ1) is 7.77. The van der Waals surface area contributed by atoms with Crippen LogP contribution in [0.5, 0.6) is 0 Å². The van der Waals surface area contributed by atoms with Crippen LogP contribution < -0.4 is 10.6 Å². The van der Waals surface area contributed by atoms with Gasteiger partial charge in [-0.3, -0.25) is 4.79 Å². The Morgan fingerprint density at radius 2 is 2.00 bits per heavy atom. The standard InChI is InChI=1S/C12H15IN2O/c13-10-3-1-2-4-11(10)15-12(16)9-5-7-14-8-6-9/h1-4,9,14H,5-8H2,(H,15,16). The number of rotatable bonds is 2. The van der Waals surface area contributed by atoms with Crippen molar-refractivity contribution in [3.8, 4) is 0 Å². The SMILES string of the molecule is O=C(Nc1ccccc1I)C1CCNCC1. The Kier molecular flexibility index (Phi) is 4.17. The van der Waals surface area contributed by atoms with Crippen LogP contribution in [0.3, 0.4) is 0 Å². The summed E-state index contributed by atoms with van der Waals surface area (Å²) in [4.78, 5) is 12.0.